The van der Waals surface area contributed by atoms with Crippen LogP contribution in [-0.4, -0.2) is 19.5 Å². The Kier molecular flexibility index (Phi) is 6.44. The average molecular weight is 721 g/mol. The minimum absolute atomic E-state index is 0.610. The summed E-state index contributed by atoms with van der Waals surface area (Å²) in [6, 6.07) is 59.6. The molecule has 12 rings (SSSR count). The van der Waals surface area contributed by atoms with Gasteiger partial charge in [0.25, 0.3) is 0 Å². The van der Waals surface area contributed by atoms with Crippen molar-refractivity contribution in [3.8, 4) is 39.9 Å². The minimum atomic E-state index is 0.610. The van der Waals surface area contributed by atoms with Crippen molar-refractivity contribution >= 4 is 86.0 Å². The van der Waals surface area contributed by atoms with Gasteiger partial charge in [-0.15, -0.1) is 11.3 Å². The van der Waals surface area contributed by atoms with Crippen molar-refractivity contribution in [2.75, 3.05) is 0 Å². The Morgan fingerprint density at radius 1 is 0.382 bits per heavy atom. The normalized spacial score (nSPS) is 12.0. The van der Waals surface area contributed by atoms with E-state index in [-0.39, 0.29) is 0 Å². The van der Waals surface area contributed by atoms with E-state index in [1.807, 2.05) is 78.1 Å². The van der Waals surface area contributed by atoms with Gasteiger partial charge in [0.2, 0.25) is 0 Å². The predicted molar refractivity (Wildman–Crippen MR) is 228 cm³/mol. The highest BCUT2D eigenvalue weighted by Crippen LogP contribution is 2.44. The molecule has 8 aromatic carbocycles. The Bertz CT molecular complexity index is 3430. The molecule has 4 aromatic heterocycles. The zero-order valence-electron chi connectivity index (χ0n) is 29.3. The number of rotatable bonds is 4. The summed E-state index contributed by atoms with van der Waals surface area (Å²) in [5, 5.41) is 9.24. The fourth-order valence-corrected chi connectivity index (χ4v) is 9.41. The highest BCUT2D eigenvalue weighted by Gasteiger charge is 2.21. The van der Waals surface area contributed by atoms with Gasteiger partial charge in [0.1, 0.15) is 11.2 Å². The number of para-hydroxylation sites is 2. The molecule has 0 saturated carbocycles. The smallest absolute Gasteiger partial charge is 0.164 e. The van der Waals surface area contributed by atoms with Crippen LogP contribution in [0, 0.1) is 0 Å². The minimum Gasteiger partial charge on any atom is -0.455 e. The van der Waals surface area contributed by atoms with Crippen molar-refractivity contribution in [2.24, 2.45) is 0 Å². The van der Waals surface area contributed by atoms with Crippen molar-refractivity contribution in [1.82, 2.24) is 19.5 Å². The molecule has 0 aliphatic heterocycles. The van der Waals surface area contributed by atoms with Gasteiger partial charge in [0, 0.05) is 69.2 Å². The van der Waals surface area contributed by atoms with Crippen LogP contribution < -0.4 is 0 Å². The maximum atomic E-state index is 6.66. The SMILES string of the molecule is c1ccc(-c2nc(-c3ccccc3)nc(-c3ccc4c(c3)c(-n3c5ccccc5c5cc6sc7ccccc7c6cc53)cc3c5ccccc5oc43)n2)cc1. The number of benzene rings is 8. The number of aromatic nitrogens is 4. The molecule has 0 aliphatic carbocycles. The van der Waals surface area contributed by atoms with E-state index in [4.69, 9.17) is 19.4 Å². The Morgan fingerprint density at radius 2 is 1.02 bits per heavy atom. The third kappa shape index (κ3) is 4.62. The van der Waals surface area contributed by atoms with Crippen LogP contribution in [0.3, 0.4) is 0 Å². The summed E-state index contributed by atoms with van der Waals surface area (Å²) in [6.07, 6.45) is 0. The van der Waals surface area contributed by atoms with Gasteiger partial charge in [-0.25, -0.2) is 15.0 Å². The standard InChI is InChI=1S/C49H28N4OS/c1-3-13-29(14-4-1)47-50-48(30-15-5-2-6-16-30)52-49(51-47)31-23-24-35-36(25-31)42(27-39-33-18-8-11-21-43(33)54-46(35)39)53-40-20-10-7-17-32(40)37-28-45-38(26-41(37)53)34-19-9-12-22-44(34)55-45/h1-28H. The first-order valence-electron chi connectivity index (χ1n) is 18.4. The molecule has 0 atom stereocenters. The molecular weight excluding hydrogens is 693 g/mol. The summed E-state index contributed by atoms with van der Waals surface area (Å²) in [6.45, 7) is 0. The molecular formula is C49H28N4OS. The van der Waals surface area contributed by atoms with Gasteiger partial charge in [-0.3, -0.25) is 0 Å². The molecule has 0 unspecified atom stereocenters. The summed E-state index contributed by atoms with van der Waals surface area (Å²) in [5.74, 6) is 1.87. The molecule has 0 fully saturated rings. The molecule has 0 spiro atoms. The lowest BCUT2D eigenvalue weighted by Gasteiger charge is -2.14. The average Bonchev–Trinajstić information content (AvgIpc) is 3.92. The molecule has 0 saturated heterocycles. The maximum Gasteiger partial charge on any atom is 0.164 e. The summed E-state index contributed by atoms with van der Waals surface area (Å²) in [5.41, 5.74) is 7.88. The Labute approximate surface area is 318 Å². The predicted octanol–water partition coefficient (Wildman–Crippen LogP) is 13.4. The fourth-order valence-electron chi connectivity index (χ4n) is 8.29. The summed E-state index contributed by atoms with van der Waals surface area (Å²) in [7, 11) is 0. The summed E-state index contributed by atoms with van der Waals surface area (Å²) in [4.78, 5) is 15.2. The molecule has 5 nitrogen and oxygen atoms in total. The van der Waals surface area contributed by atoms with Crippen molar-refractivity contribution in [1.29, 1.82) is 0 Å². The molecule has 256 valence electrons. The summed E-state index contributed by atoms with van der Waals surface area (Å²) >= 11 is 1.85. The molecule has 6 heteroatoms. The van der Waals surface area contributed by atoms with E-state index < -0.39 is 0 Å². The molecule has 0 N–H and O–H groups in total. The monoisotopic (exact) mass is 720 g/mol. The van der Waals surface area contributed by atoms with Crippen LogP contribution in [0.5, 0.6) is 0 Å². The van der Waals surface area contributed by atoms with Crippen LogP contribution in [0.1, 0.15) is 0 Å². The van der Waals surface area contributed by atoms with Crippen molar-refractivity contribution in [2.45, 2.75) is 0 Å². The topological polar surface area (TPSA) is 56.7 Å². The highest BCUT2D eigenvalue weighted by atomic mass is 32.1. The molecule has 0 aliphatic rings. The summed E-state index contributed by atoms with van der Waals surface area (Å²) < 4.78 is 11.7. The molecule has 12 aromatic rings. The van der Waals surface area contributed by atoms with Gasteiger partial charge in [-0.2, -0.15) is 0 Å². The van der Waals surface area contributed by atoms with E-state index in [0.717, 1.165) is 66.1 Å². The maximum absolute atomic E-state index is 6.66. The Balaban J connectivity index is 1.19. The van der Waals surface area contributed by atoms with Gasteiger partial charge in [0.05, 0.1) is 16.7 Å². The Hall–Kier alpha value is -7.15. The van der Waals surface area contributed by atoms with Gasteiger partial charge >= 0.3 is 0 Å². The third-order valence-electron chi connectivity index (χ3n) is 10.8. The molecule has 55 heavy (non-hydrogen) atoms. The van der Waals surface area contributed by atoms with Crippen molar-refractivity contribution in [3.63, 3.8) is 0 Å². The van der Waals surface area contributed by atoms with Crippen LogP contribution in [0.15, 0.2) is 174 Å². The first-order valence-corrected chi connectivity index (χ1v) is 19.2. The number of thiophene rings is 1. The second-order valence-corrected chi connectivity index (χ2v) is 15.1. The van der Waals surface area contributed by atoms with E-state index in [0.29, 0.717) is 17.5 Å². The van der Waals surface area contributed by atoms with E-state index in [1.54, 1.807) is 0 Å². The van der Waals surface area contributed by atoms with Gasteiger partial charge in [-0.1, -0.05) is 121 Å². The van der Waals surface area contributed by atoms with E-state index in [9.17, 15) is 0 Å². The lowest BCUT2D eigenvalue weighted by atomic mass is 10.0. The van der Waals surface area contributed by atoms with E-state index in [2.05, 4.69) is 108 Å². The zero-order valence-corrected chi connectivity index (χ0v) is 30.1. The number of furan rings is 1. The Morgan fingerprint density at radius 3 is 1.78 bits per heavy atom. The van der Waals surface area contributed by atoms with Crippen LogP contribution in [0.2, 0.25) is 0 Å². The molecule has 0 amide bonds. The third-order valence-corrected chi connectivity index (χ3v) is 12.0. The van der Waals surface area contributed by atoms with E-state index in [1.165, 1.54) is 30.9 Å². The number of hydrogen-bond donors (Lipinski definition) is 0. The fraction of sp³-hybridized carbons (Fsp3) is 0. The van der Waals surface area contributed by atoms with Crippen molar-refractivity contribution < 1.29 is 4.42 Å². The second-order valence-electron chi connectivity index (χ2n) is 14.0. The van der Waals surface area contributed by atoms with Crippen LogP contribution in [0.4, 0.5) is 0 Å². The van der Waals surface area contributed by atoms with Crippen LogP contribution in [0.25, 0.3) is 115 Å². The van der Waals surface area contributed by atoms with Crippen molar-refractivity contribution in [3.05, 3.63) is 170 Å². The number of hydrogen-bond acceptors (Lipinski definition) is 5. The van der Waals surface area contributed by atoms with Gasteiger partial charge in [-0.05, 0) is 48.5 Å². The van der Waals surface area contributed by atoms with Gasteiger partial charge in [0.15, 0.2) is 17.5 Å². The molecule has 4 heterocycles. The number of nitrogens with zero attached hydrogens (tertiary/aromatic N) is 4. The highest BCUT2D eigenvalue weighted by molar-refractivity contribution is 7.25. The van der Waals surface area contributed by atoms with E-state index >= 15 is 0 Å². The lowest BCUT2D eigenvalue weighted by Crippen LogP contribution is -2.00. The quantitative estimate of drug-likeness (QED) is 0.182. The first kappa shape index (κ1) is 30.3. The van der Waals surface area contributed by atoms with Crippen LogP contribution in [-0.2, 0) is 0 Å². The molecule has 0 bridgehead atoms. The van der Waals surface area contributed by atoms with Crippen LogP contribution >= 0.6 is 11.3 Å². The van der Waals surface area contributed by atoms with Gasteiger partial charge < -0.3 is 8.98 Å². The number of fused-ring (bicyclic) bond motifs is 11. The molecule has 0 radical (unpaired) electrons. The lowest BCUT2D eigenvalue weighted by molar-refractivity contribution is 0.672. The largest absolute Gasteiger partial charge is 0.455 e. The second kappa shape index (κ2) is 11.7. The first-order chi connectivity index (χ1) is 27.2. The zero-order chi connectivity index (χ0) is 36.0.